The summed E-state index contributed by atoms with van der Waals surface area (Å²) in [4.78, 5) is 0. The minimum absolute atomic E-state index is 0.0945. The van der Waals surface area contributed by atoms with Crippen molar-refractivity contribution in [1.29, 1.82) is 21.0 Å². The minimum Gasteiger partial charge on any atom is -0.207 e. The molecule has 0 aromatic heterocycles. The molecule has 0 unspecified atom stereocenters. The Balaban J connectivity index is 2.76. The van der Waals surface area contributed by atoms with Crippen molar-refractivity contribution in [3.63, 3.8) is 0 Å². The second-order valence-corrected chi connectivity index (χ2v) is 6.34. The number of rotatable bonds is 2. The van der Waals surface area contributed by atoms with E-state index in [0.717, 1.165) is 48.5 Å². The highest BCUT2D eigenvalue weighted by atomic mass is 19.1. The van der Waals surface area contributed by atoms with Gasteiger partial charge in [-0.3, -0.25) is 0 Å². The first-order valence-electron chi connectivity index (χ1n) is 8.79. The van der Waals surface area contributed by atoms with Crippen molar-refractivity contribution in [1.82, 2.24) is 0 Å². The summed E-state index contributed by atoms with van der Waals surface area (Å²) in [6.07, 6.45) is 0. The molecule has 0 heterocycles. The molecule has 0 saturated carbocycles. The molecule has 0 amide bonds. The van der Waals surface area contributed by atoms with Crippen molar-refractivity contribution in [3.8, 4) is 46.5 Å². The molecule has 3 aromatic rings. The topological polar surface area (TPSA) is 95.2 Å². The molecule has 0 spiro atoms. The minimum atomic E-state index is -1.27. The first-order valence-corrected chi connectivity index (χ1v) is 8.79. The molecular weight excluding hydrogens is 420 g/mol. The molecule has 0 aliphatic carbocycles. The lowest BCUT2D eigenvalue weighted by molar-refractivity contribution is 0.591. The smallest absolute Gasteiger partial charge is 0.141 e. The molecule has 152 valence electrons. The second-order valence-electron chi connectivity index (χ2n) is 6.34. The van der Waals surface area contributed by atoms with Gasteiger partial charge in [0.2, 0.25) is 0 Å². The van der Waals surface area contributed by atoms with Gasteiger partial charge in [-0.1, -0.05) is 24.3 Å². The predicted molar refractivity (Wildman–Crippen MR) is 106 cm³/mol. The molecule has 0 atom stereocenters. The Morgan fingerprint density at radius 1 is 0.500 bits per heavy atom. The quantitative estimate of drug-likeness (QED) is 0.577. The number of benzene rings is 3. The van der Waals surface area contributed by atoms with Crippen molar-refractivity contribution in [2.45, 2.75) is 0 Å². The van der Waals surface area contributed by atoms with Gasteiger partial charge in [0.05, 0.1) is 10.4 Å². The molecule has 0 N–H and O–H groups in total. The summed E-state index contributed by atoms with van der Waals surface area (Å²) in [5.74, 6) is -3.89. The predicted octanol–water partition coefficient (Wildman–Crippen LogP) is 3.97. The summed E-state index contributed by atoms with van der Waals surface area (Å²) < 4.78 is 58.6. The van der Waals surface area contributed by atoms with Crippen molar-refractivity contribution >= 4 is 11.1 Å². The third-order valence-corrected chi connectivity index (χ3v) is 4.59. The number of nitriles is 4. The number of nitrogens with zero attached hydrogens (tertiary/aromatic N) is 4. The van der Waals surface area contributed by atoms with Crippen LogP contribution in [0.1, 0.15) is 0 Å². The van der Waals surface area contributed by atoms with Gasteiger partial charge < -0.3 is 0 Å². The zero-order valence-electron chi connectivity index (χ0n) is 15.9. The molecule has 32 heavy (non-hydrogen) atoms. The van der Waals surface area contributed by atoms with Crippen LogP contribution >= 0.6 is 0 Å². The average Bonchev–Trinajstić information content (AvgIpc) is 2.80. The van der Waals surface area contributed by atoms with Crippen molar-refractivity contribution in [2.24, 2.45) is 0 Å². The molecule has 0 radical (unpaired) electrons. The fourth-order valence-electron chi connectivity index (χ4n) is 3.21. The van der Waals surface area contributed by atoms with Crippen molar-refractivity contribution in [2.75, 3.05) is 0 Å². The summed E-state index contributed by atoms with van der Waals surface area (Å²) in [7, 11) is 0. The van der Waals surface area contributed by atoms with Gasteiger partial charge in [-0.05, 0) is 35.4 Å². The van der Waals surface area contributed by atoms with Crippen LogP contribution in [0.25, 0.3) is 33.4 Å². The molecule has 0 aliphatic heterocycles. The molecule has 0 aliphatic rings. The average molecular weight is 428 g/mol. The van der Waals surface area contributed by atoms with E-state index in [9.17, 15) is 29.8 Å². The van der Waals surface area contributed by atoms with Gasteiger partial charge in [-0.2, -0.15) is 21.0 Å². The standard InChI is InChI=1S/C24H8F4N4/c25-17-5-1-13(2-6-17)19-21(15(9-29)10-30)24(28)20(14-3-7-18(26)8-4-14)22(23(19)27)16(11-31)12-32/h1-8H. The summed E-state index contributed by atoms with van der Waals surface area (Å²) in [5.41, 5.74) is -2.95. The monoisotopic (exact) mass is 428 g/mol. The maximum atomic E-state index is 15.9. The molecule has 4 nitrogen and oxygen atoms in total. The zero-order valence-corrected chi connectivity index (χ0v) is 15.9. The van der Waals surface area contributed by atoms with Gasteiger partial charge in [-0.25, -0.2) is 17.6 Å². The third-order valence-electron chi connectivity index (χ3n) is 4.59. The summed E-state index contributed by atoms with van der Waals surface area (Å²) in [5, 5.41) is 36.0. The number of hydrogen-bond donors (Lipinski definition) is 0. The van der Waals surface area contributed by atoms with E-state index < -0.39 is 56.0 Å². The Morgan fingerprint density at radius 3 is 1.03 bits per heavy atom. The van der Waals surface area contributed by atoms with Crippen LogP contribution in [0, 0.1) is 68.6 Å². The Hall–Kier alpha value is -4.92. The van der Waals surface area contributed by atoms with Crippen LogP contribution in [0.4, 0.5) is 17.6 Å². The van der Waals surface area contributed by atoms with Crippen LogP contribution in [-0.2, 0) is 0 Å². The van der Waals surface area contributed by atoms with Crippen LogP contribution in [0.15, 0.2) is 48.5 Å². The van der Waals surface area contributed by atoms with Gasteiger partial charge in [0.1, 0.15) is 58.7 Å². The summed E-state index contributed by atoms with van der Waals surface area (Å²) in [6.45, 7) is 0. The van der Waals surface area contributed by atoms with Crippen LogP contribution in [0.3, 0.4) is 0 Å². The van der Waals surface area contributed by atoms with Gasteiger partial charge in [0.25, 0.3) is 0 Å². The maximum Gasteiger partial charge on any atom is 0.141 e. The Bertz CT molecular complexity index is 1380. The Labute approximate surface area is 179 Å². The lowest BCUT2D eigenvalue weighted by Gasteiger charge is -2.13. The molecule has 0 saturated heterocycles. The first-order chi connectivity index (χ1) is 15.4. The number of hydrogen-bond acceptors (Lipinski definition) is 4. The van der Waals surface area contributed by atoms with E-state index in [0.29, 0.717) is 0 Å². The van der Waals surface area contributed by atoms with Gasteiger partial charge >= 0.3 is 0 Å². The lowest BCUT2D eigenvalue weighted by atomic mass is 9.91. The van der Waals surface area contributed by atoms with Crippen molar-refractivity contribution in [3.05, 3.63) is 82.2 Å². The van der Waals surface area contributed by atoms with E-state index in [1.165, 1.54) is 24.3 Å². The van der Waals surface area contributed by atoms with Crippen LogP contribution in [0.5, 0.6) is 0 Å². The molecule has 3 rings (SSSR count). The highest BCUT2D eigenvalue weighted by Crippen LogP contribution is 2.26. The summed E-state index contributed by atoms with van der Waals surface area (Å²) >= 11 is 0. The van der Waals surface area contributed by atoms with Crippen molar-refractivity contribution < 1.29 is 17.6 Å². The summed E-state index contributed by atoms with van der Waals surface area (Å²) in [6, 6.07) is 14.2. The van der Waals surface area contributed by atoms with Gasteiger partial charge in [0.15, 0.2) is 0 Å². The van der Waals surface area contributed by atoms with E-state index in [1.54, 1.807) is 0 Å². The largest absolute Gasteiger partial charge is 0.207 e. The Morgan fingerprint density at radius 2 is 0.781 bits per heavy atom. The fraction of sp³-hybridized carbons (Fsp3) is 0. The van der Waals surface area contributed by atoms with Gasteiger partial charge in [0, 0.05) is 11.1 Å². The Kier molecular flexibility index (Phi) is 6.02. The van der Waals surface area contributed by atoms with E-state index in [2.05, 4.69) is 0 Å². The fourth-order valence-corrected chi connectivity index (χ4v) is 3.21. The van der Waals surface area contributed by atoms with Gasteiger partial charge in [-0.15, -0.1) is 0 Å². The molecule has 8 heteroatoms. The highest BCUT2D eigenvalue weighted by molar-refractivity contribution is 5.86. The SMILES string of the molecule is N#CC(C#N)=c1c(F)c(-c2ccc(F)cc2)c(=C(C#N)C#N)c(F)c1-c1ccc(F)cc1. The number of halogens is 4. The van der Waals surface area contributed by atoms with Crippen LogP contribution in [-0.4, -0.2) is 0 Å². The molecule has 0 fully saturated rings. The maximum absolute atomic E-state index is 15.9. The molecule has 3 aromatic carbocycles. The third kappa shape index (κ3) is 3.65. The van der Waals surface area contributed by atoms with E-state index in [-0.39, 0.29) is 11.1 Å². The lowest BCUT2D eigenvalue weighted by Crippen LogP contribution is -2.28. The van der Waals surface area contributed by atoms with Crippen LogP contribution < -0.4 is 10.4 Å². The normalized spacial score (nSPS) is 9.75. The van der Waals surface area contributed by atoms with Crippen LogP contribution in [0.2, 0.25) is 0 Å². The van der Waals surface area contributed by atoms with E-state index in [4.69, 9.17) is 0 Å². The second kappa shape index (κ2) is 8.84. The first kappa shape index (κ1) is 21.8. The van der Waals surface area contributed by atoms with E-state index in [1.807, 2.05) is 0 Å². The zero-order chi connectivity index (χ0) is 23.4. The van der Waals surface area contributed by atoms with E-state index >= 15 is 8.78 Å². The molecular formula is C24H8F4N4. The molecule has 0 bridgehead atoms. The highest BCUT2D eigenvalue weighted by Gasteiger charge is 2.24.